The van der Waals surface area contributed by atoms with Crippen LogP contribution in [-0.4, -0.2) is 84.4 Å². The fraction of sp³-hybridized carbons (Fsp3) is 0.487. The van der Waals surface area contributed by atoms with Gasteiger partial charge in [0.25, 0.3) is 10.0 Å². The van der Waals surface area contributed by atoms with Crippen molar-refractivity contribution in [2.24, 2.45) is 9.63 Å². The Kier molecular flexibility index (Phi) is 22.3. The van der Waals surface area contributed by atoms with Gasteiger partial charge >= 0.3 is 18.0 Å². The van der Waals surface area contributed by atoms with E-state index < -0.39 is 57.8 Å². The van der Waals surface area contributed by atoms with Crippen molar-refractivity contribution in [1.82, 2.24) is 10.6 Å². The molecule has 0 radical (unpaired) electrons. The predicted octanol–water partition coefficient (Wildman–Crippen LogP) is 7.24. The number of urea groups is 1. The van der Waals surface area contributed by atoms with E-state index in [1.54, 1.807) is 30.4 Å². The number of nitrogens with one attached hydrogen (secondary N) is 2. The number of anilines is 1. The molecule has 16 heteroatoms. The summed E-state index contributed by atoms with van der Waals surface area (Å²) in [4.78, 5) is 49.9. The third-order valence-electron chi connectivity index (χ3n) is 8.37. The number of carbonyl (C=O) groups is 4. The number of carbonyl (C=O) groups excluding carboxylic acids is 2. The van der Waals surface area contributed by atoms with Crippen LogP contribution in [0.1, 0.15) is 84.0 Å². The Morgan fingerprint density at radius 2 is 1.53 bits per heavy atom. The second-order valence-corrected chi connectivity index (χ2v) is 15.7. The Morgan fingerprint density at radius 1 is 0.873 bits per heavy atom. The minimum atomic E-state index is -4.01. The Labute approximate surface area is 328 Å². The number of benzene rings is 2. The fourth-order valence-electron chi connectivity index (χ4n) is 5.19. The van der Waals surface area contributed by atoms with E-state index in [2.05, 4.69) is 27.2 Å². The third-order valence-corrected chi connectivity index (χ3v) is 10.9. The van der Waals surface area contributed by atoms with E-state index in [-0.39, 0.29) is 35.6 Å². The van der Waals surface area contributed by atoms with Crippen LogP contribution in [-0.2, 0) is 24.4 Å². The Bertz CT molecular complexity index is 1670. The molecule has 0 saturated carbocycles. The van der Waals surface area contributed by atoms with Gasteiger partial charge in [-0.2, -0.15) is 8.42 Å². The molecule has 0 spiro atoms. The van der Waals surface area contributed by atoms with Gasteiger partial charge in [0, 0.05) is 30.2 Å². The number of hydrogen-bond acceptors (Lipinski definition) is 9. The van der Waals surface area contributed by atoms with Crippen LogP contribution in [0.4, 0.5) is 16.2 Å². The Balaban J connectivity index is 2.10. The molecule has 2 aromatic rings. The number of amides is 3. The van der Waals surface area contributed by atoms with Crippen molar-refractivity contribution in [2.45, 2.75) is 106 Å². The number of aliphatic hydroxyl groups excluding tert-OH is 1. The van der Waals surface area contributed by atoms with Crippen LogP contribution in [0, 0.1) is 0 Å². The summed E-state index contributed by atoms with van der Waals surface area (Å²) in [7, 11) is -2.56. The number of carboxylic acids is 2. The molecule has 0 aliphatic heterocycles. The number of aliphatic hydroxyl groups is 1. The summed E-state index contributed by atoms with van der Waals surface area (Å²) >= 11 is 1.17. The average molecular weight is 802 g/mol. The predicted molar refractivity (Wildman–Crippen MR) is 215 cm³/mol. The van der Waals surface area contributed by atoms with Gasteiger partial charge in [-0.15, -0.1) is 16.9 Å². The standard InChI is InChI=1S/C39H55N5O9S2/c1-3-4-5-6-7-8-9-10-11-12-13-17-22-35(34(45)21-18-23-36(46)47)54-29-33(38(50)40-28-37(48)49)41-39(51)44(2)31-26-24-30(25-27-31)42-43-55(52,53)32-19-15-14-16-20-32/h12-17,19-20,22,24-27,33-35,45H,3-11,18,21,23,28-29H2,1-2H3,(H,40,50)(H,41,51)(H,46,47)(H,48,49)/b13-12+,22-17+,43-42?/t33-,34-,35+/m0/s1. The highest BCUT2D eigenvalue weighted by atomic mass is 32.2. The van der Waals surface area contributed by atoms with Crippen LogP contribution in [0.25, 0.3) is 0 Å². The zero-order valence-electron chi connectivity index (χ0n) is 31.6. The molecular formula is C39H55N5O9S2. The Morgan fingerprint density at radius 3 is 2.16 bits per heavy atom. The van der Waals surface area contributed by atoms with Gasteiger partial charge in [-0.25, -0.2) is 4.79 Å². The Hall–Kier alpha value is -4.54. The number of hydrogen-bond donors (Lipinski definition) is 5. The highest BCUT2D eigenvalue weighted by Crippen LogP contribution is 2.24. The summed E-state index contributed by atoms with van der Waals surface area (Å²) in [5.41, 5.74) is 0.580. The molecule has 0 aromatic heterocycles. The lowest BCUT2D eigenvalue weighted by Crippen LogP contribution is -2.52. The molecule has 0 bridgehead atoms. The van der Waals surface area contributed by atoms with Crippen LogP contribution in [0.3, 0.4) is 0 Å². The highest BCUT2D eigenvalue weighted by molar-refractivity contribution is 8.00. The number of thioether (sulfide) groups is 1. The van der Waals surface area contributed by atoms with Crippen molar-refractivity contribution >= 4 is 57.0 Å². The molecule has 0 aliphatic carbocycles. The molecule has 2 aromatic carbocycles. The maximum atomic E-state index is 13.3. The zero-order valence-corrected chi connectivity index (χ0v) is 33.2. The summed E-state index contributed by atoms with van der Waals surface area (Å²) < 4.78 is 28.3. The summed E-state index contributed by atoms with van der Waals surface area (Å²) in [6.07, 6.45) is 17.6. The number of sulfonamides is 1. The lowest BCUT2D eigenvalue weighted by atomic mass is 10.1. The molecule has 0 aliphatic rings. The van der Waals surface area contributed by atoms with Gasteiger partial charge in [0.2, 0.25) is 5.91 Å². The molecule has 0 fully saturated rings. The fourth-order valence-corrected chi connectivity index (χ4v) is 7.20. The number of unbranched alkanes of at least 4 members (excludes halogenated alkanes) is 8. The largest absolute Gasteiger partial charge is 0.481 e. The zero-order chi connectivity index (χ0) is 40.5. The number of carboxylic acid groups (broad SMARTS) is 2. The molecule has 0 heterocycles. The quantitative estimate of drug-likeness (QED) is 0.0347. The first kappa shape index (κ1) is 46.6. The molecule has 55 heavy (non-hydrogen) atoms. The average Bonchev–Trinajstić information content (AvgIpc) is 3.17. The van der Waals surface area contributed by atoms with Crippen molar-refractivity contribution in [1.29, 1.82) is 0 Å². The van der Waals surface area contributed by atoms with E-state index in [1.807, 2.05) is 12.2 Å². The van der Waals surface area contributed by atoms with Crippen molar-refractivity contribution in [3.8, 4) is 0 Å². The van der Waals surface area contributed by atoms with Crippen LogP contribution >= 0.6 is 11.8 Å². The molecule has 2 rings (SSSR count). The van der Waals surface area contributed by atoms with Crippen LogP contribution in [0.15, 0.2) is 93.4 Å². The van der Waals surface area contributed by atoms with E-state index in [9.17, 15) is 32.7 Å². The van der Waals surface area contributed by atoms with E-state index in [1.165, 1.54) is 98.6 Å². The lowest BCUT2D eigenvalue weighted by Gasteiger charge is -2.25. The van der Waals surface area contributed by atoms with Crippen molar-refractivity contribution < 1.29 is 42.9 Å². The molecule has 302 valence electrons. The van der Waals surface area contributed by atoms with Gasteiger partial charge in [-0.3, -0.25) is 19.3 Å². The molecule has 3 atom stereocenters. The van der Waals surface area contributed by atoms with Crippen molar-refractivity contribution in [2.75, 3.05) is 24.2 Å². The van der Waals surface area contributed by atoms with Crippen molar-refractivity contribution in [3.63, 3.8) is 0 Å². The molecule has 14 nitrogen and oxygen atoms in total. The second-order valence-electron chi connectivity index (χ2n) is 12.9. The molecule has 0 unspecified atom stereocenters. The van der Waals surface area contributed by atoms with E-state index >= 15 is 0 Å². The SMILES string of the molecule is CCCCCCCCCC/C=C/C=C/[C@@H](SC[C@H](NC(=O)N(C)c1ccc(N=NS(=O)(=O)c2ccccc2)cc1)C(=O)NCC(=O)O)[C@@H](O)CCCC(=O)O. The van der Waals surface area contributed by atoms with Crippen LogP contribution in [0.2, 0.25) is 0 Å². The van der Waals surface area contributed by atoms with Crippen LogP contribution in [0.5, 0.6) is 0 Å². The minimum Gasteiger partial charge on any atom is -0.481 e. The minimum absolute atomic E-state index is 0.0110. The maximum absolute atomic E-state index is 13.3. The smallest absolute Gasteiger partial charge is 0.322 e. The van der Waals surface area contributed by atoms with Gasteiger partial charge in [0.15, 0.2) is 0 Å². The van der Waals surface area contributed by atoms with E-state index in [0.717, 1.165) is 19.3 Å². The second kappa shape index (κ2) is 26.3. The van der Waals surface area contributed by atoms with Gasteiger partial charge in [0.05, 0.1) is 16.7 Å². The van der Waals surface area contributed by atoms with E-state index in [4.69, 9.17) is 10.2 Å². The molecule has 0 saturated heterocycles. The van der Waals surface area contributed by atoms with Gasteiger partial charge in [0.1, 0.15) is 12.6 Å². The van der Waals surface area contributed by atoms with Gasteiger partial charge in [-0.1, -0.05) is 98.9 Å². The van der Waals surface area contributed by atoms with Crippen LogP contribution < -0.4 is 15.5 Å². The first-order valence-electron chi connectivity index (χ1n) is 18.6. The monoisotopic (exact) mass is 801 g/mol. The summed E-state index contributed by atoms with van der Waals surface area (Å²) in [6, 6.07) is 11.6. The van der Waals surface area contributed by atoms with Crippen molar-refractivity contribution in [3.05, 3.63) is 78.9 Å². The molecule has 5 N–H and O–H groups in total. The highest BCUT2D eigenvalue weighted by Gasteiger charge is 2.26. The topological polar surface area (TPSA) is 215 Å². The maximum Gasteiger partial charge on any atom is 0.322 e. The summed E-state index contributed by atoms with van der Waals surface area (Å²) in [5.74, 6) is -3.05. The number of rotatable bonds is 27. The first-order chi connectivity index (χ1) is 26.3. The third kappa shape index (κ3) is 19.6. The van der Waals surface area contributed by atoms with E-state index in [0.29, 0.717) is 5.69 Å². The van der Waals surface area contributed by atoms with Gasteiger partial charge in [-0.05, 0) is 62.1 Å². The van der Waals surface area contributed by atoms with Gasteiger partial charge < -0.3 is 26.0 Å². The molecular weight excluding hydrogens is 747 g/mol. The lowest BCUT2D eigenvalue weighted by molar-refractivity contribution is -0.138. The summed E-state index contributed by atoms with van der Waals surface area (Å²) in [5, 5.41) is 37.3. The number of nitrogens with zero attached hydrogens (tertiary/aromatic N) is 3. The number of aliphatic carboxylic acids is 2. The first-order valence-corrected chi connectivity index (χ1v) is 21.0. The number of allylic oxidation sites excluding steroid dienone is 3. The molecule has 3 amide bonds. The normalized spacial score (nSPS) is 13.5. The summed E-state index contributed by atoms with van der Waals surface area (Å²) in [6.45, 7) is 1.53.